The molecule has 2 heterocycles. The van der Waals surface area contributed by atoms with E-state index in [-0.39, 0.29) is 5.41 Å². The Labute approximate surface area is 129 Å². The fourth-order valence-electron chi connectivity index (χ4n) is 2.62. The average Bonchev–Trinajstić information content (AvgIpc) is 3.01. The van der Waals surface area contributed by atoms with Gasteiger partial charge >= 0.3 is 0 Å². The maximum absolute atomic E-state index is 5.90. The van der Waals surface area contributed by atoms with Gasteiger partial charge in [0.25, 0.3) is 0 Å². The highest BCUT2D eigenvalue weighted by molar-refractivity contribution is 7.07. The number of nitrogens with two attached hydrogens (primary N) is 1. The van der Waals surface area contributed by atoms with Crippen LogP contribution in [-0.2, 0) is 18.4 Å². The highest BCUT2D eigenvalue weighted by atomic mass is 32.1. The van der Waals surface area contributed by atoms with Crippen LogP contribution in [0, 0.1) is 0 Å². The molecule has 2 aromatic heterocycles. The van der Waals surface area contributed by atoms with E-state index in [9.17, 15) is 0 Å². The first-order chi connectivity index (χ1) is 9.95. The number of fused-ring (bicyclic) bond motifs is 1. The highest BCUT2D eigenvalue weighted by Gasteiger charge is 2.22. The van der Waals surface area contributed by atoms with Crippen molar-refractivity contribution in [2.24, 2.45) is 0 Å². The summed E-state index contributed by atoms with van der Waals surface area (Å²) in [5.74, 6) is 1.12. The van der Waals surface area contributed by atoms with Gasteiger partial charge in [0.15, 0.2) is 0 Å². The summed E-state index contributed by atoms with van der Waals surface area (Å²) >= 11 is 1.75. The number of aryl methyl sites for hydroxylation is 2. The molecule has 21 heavy (non-hydrogen) atoms. The Hall–Kier alpha value is -1.81. The molecule has 0 amide bonds. The van der Waals surface area contributed by atoms with Gasteiger partial charge in [-0.2, -0.15) is 11.3 Å². The number of nitrogen functional groups attached to an aromatic ring is 1. The number of thiophene rings is 1. The summed E-state index contributed by atoms with van der Waals surface area (Å²) in [5, 5.41) is 4.35. The molecule has 0 aliphatic rings. The lowest BCUT2D eigenvalue weighted by Gasteiger charge is -2.20. The quantitative estimate of drug-likeness (QED) is 0.736. The number of anilines is 1. The Bertz CT molecular complexity index is 748. The molecule has 3 aromatic rings. The van der Waals surface area contributed by atoms with E-state index >= 15 is 0 Å². The fraction of sp³-hybridized carbons (Fsp3) is 0.353. The zero-order valence-corrected chi connectivity index (χ0v) is 13.6. The standard InChI is InChI=1S/C17H21N3S/c1-17(2,3)16-19-14-10-13(18)4-5-15(14)20(16)8-6-12-7-9-21-11-12/h4-5,7,9-11H,6,8,18H2,1-3H3. The van der Waals surface area contributed by atoms with Crippen LogP contribution in [0.3, 0.4) is 0 Å². The van der Waals surface area contributed by atoms with E-state index in [1.165, 1.54) is 11.1 Å². The molecular weight excluding hydrogens is 278 g/mol. The topological polar surface area (TPSA) is 43.8 Å². The monoisotopic (exact) mass is 299 g/mol. The van der Waals surface area contributed by atoms with Crippen LogP contribution in [0.25, 0.3) is 11.0 Å². The van der Waals surface area contributed by atoms with Crippen molar-refractivity contribution >= 4 is 28.1 Å². The molecule has 0 unspecified atom stereocenters. The van der Waals surface area contributed by atoms with E-state index in [4.69, 9.17) is 10.7 Å². The van der Waals surface area contributed by atoms with Crippen molar-refractivity contribution in [1.29, 1.82) is 0 Å². The molecule has 0 bridgehead atoms. The van der Waals surface area contributed by atoms with E-state index in [1.807, 2.05) is 12.1 Å². The van der Waals surface area contributed by atoms with Gasteiger partial charge in [-0.05, 0) is 47.0 Å². The van der Waals surface area contributed by atoms with Crippen molar-refractivity contribution < 1.29 is 0 Å². The summed E-state index contributed by atoms with van der Waals surface area (Å²) in [6.45, 7) is 7.57. The van der Waals surface area contributed by atoms with Gasteiger partial charge in [0.05, 0.1) is 11.0 Å². The summed E-state index contributed by atoms with van der Waals surface area (Å²) in [5.41, 5.74) is 10.2. The zero-order valence-electron chi connectivity index (χ0n) is 12.8. The molecule has 0 atom stereocenters. The lowest BCUT2D eigenvalue weighted by atomic mass is 9.95. The molecule has 3 nitrogen and oxygen atoms in total. The van der Waals surface area contributed by atoms with Gasteiger partial charge in [0, 0.05) is 17.6 Å². The van der Waals surface area contributed by atoms with Gasteiger partial charge in [-0.3, -0.25) is 0 Å². The summed E-state index contributed by atoms with van der Waals surface area (Å²) in [4.78, 5) is 4.83. The molecular formula is C17H21N3S. The lowest BCUT2D eigenvalue weighted by Crippen LogP contribution is -2.19. The van der Waals surface area contributed by atoms with Gasteiger partial charge in [0.2, 0.25) is 0 Å². The van der Waals surface area contributed by atoms with Crippen molar-refractivity contribution in [3.05, 3.63) is 46.4 Å². The van der Waals surface area contributed by atoms with E-state index in [0.717, 1.165) is 30.0 Å². The van der Waals surface area contributed by atoms with E-state index < -0.39 is 0 Å². The van der Waals surface area contributed by atoms with Crippen LogP contribution < -0.4 is 5.73 Å². The number of aromatic nitrogens is 2. The van der Waals surface area contributed by atoms with Crippen LogP contribution in [-0.4, -0.2) is 9.55 Å². The van der Waals surface area contributed by atoms with E-state index in [0.29, 0.717) is 0 Å². The summed E-state index contributed by atoms with van der Waals surface area (Å²) in [6.07, 6.45) is 1.03. The van der Waals surface area contributed by atoms with Crippen LogP contribution in [0.5, 0.6) is 0 Å². The van der Waals surface area contributed by atoms with Crippen molar-refractivity contribution in [3.63, 3.8) is 0 Å². The molecule has 0 fully saturated rings. The Morgan fingerprint density at radius 3 is 2.71 bits per heavy atom. The molecule has 0 radical (unpaired) electrons. The van der Waals surface area contributed by atoms with E-state index in [2.05, 4.69) is 48.2 Å². The van der Waals surface area contributed by atoms with Crippen molar-refractivity contribution in [1.82, 2.24) is 9.55 Å². The molecule has 3 rings (SSSR count). The molecule has 0 saturated carbocycles. The molecule has 110 valence electrons. The first-order valence-electron chi connectivity index (χ1n) is 7.22. The Morgan fingerprint density at radius 2 is 2.05 bits per heavy atom. The van der Waals surface area contributed by atoms with Crippen LogP contribution in [0.15, 0.2) is 35.0 Å². The zero-order chi connectivity index (χ0) is 15.0. The molecule has 0 aliphatic carbocycles. The summed E-state index contributed by atoms with van der Waals surface area (Å²) in [6, 6.07) is 8.20. The number of hydrogen-bond acceptors (Lipinski definition) is 3. The third-order valence-electron chi connectivity index (χ3n) is 3.65. The highest BCUT2D eigenvalue weighted by Crippen LogP contribution is 2.28. The average molecular weight is 299 g/mol. The molecule has 4 heteroatoms. The van der Waals surface area contributed by atoms with Crippen LogP contribution in [0.4, 0.5) is 5.69 Å². The van der Waals surface area contributed by atoms with Gasteiger partial charge in [0.1, 0.15) is 5.82 Å². The van der Waals surface area contributed by atoms with Crippen LogP contribution in [0.2, 0.25) is 0 Å². The first kappa shape index (κ1) is 14.1. The largest absolute Gasteiger partial charge is 0.399 e. The Kier molecular flexibility index (Phi) is 3.49. The molecule has 0 aliphatic heterocycles. The third-order valence-corrected chi connectivity index (χ3v) is 4.38. The van der Waals surface area contributed by atoms with Gasteiger partial charge in [-0.1, -0.05) is 20.8 Å². The lowest BCUT2D eigenvalue weighted by molar-refractivity contribution is 0.504. The maximum Gasteiger partial charge on any atom is 0.115 e. The number of rotatable bonds is 3. The number of hydrogen-bond donors (Lipinski definition) is 1. The van der Waals surface area contributed by atoms with Crippen molar-refractivity contribution in [3.8, 4) is 0 Å². The Balaban J connectivity index is 2.05. The normalized spacial score (nSPS) is 12.1. The molecule has 0 spiro atoms. The summed E-state index contributed by atoms with van der Waals surface area (Å²) < 4.78 is 2.34. The SMILES string of the molecule is CC(C)(C)c1nc2cc(N)ccc2n1CCc1ccsc1. The van der Waals surface area contributed by atoms with Crippen molar-refractivity contribution in [2.75, 3.05) is 5.73 Å². The second-order valence-electron chi connectivity index (χ2n) is 6.47. The van der Waals surface area contributed by atoms with Gasteiger partial charge < -0.3 is 10.3 Å². The Morgan fingerprint density at radius 1 is 1.24 bits per heavy atom. The first-order valence-corrected chi connectivity index (χ1v) is 8.17. The predicted octanol–water partition coefficient (Wildman–Crippen LogP) is 4.22. The molecule has 1 aromatic carbocycles. The maximum atomic E-state index is 5.90. The minimum absolute atomic E-state index is 0.0163. The van der Waals surface area contributed by atoms with Crippen LogP contribution >= 0.6 is 11.3 Å². The predicted molar refractivity (Wildman–Crippen MR) is 90.9 cm³/mol. The molecule has 2 N–H and O–H groups in total. The fourth-order valence-corrected chi connectivity index (χ4v) is 3.32. The minimum atomic E-state index is 0.0163. The number of imidazole rings is 1. The van der Waals surface area contributed by atoms with Gasteiger partial charge in [-0.25, -0.2) is 4.98 Å². The van der Waals surface area contributed by atoms with Crippen molar-refractivity contribution in [2.45, 2.75) is 39.2 Å². The number of nitrogens with zero attached hydrogens (tertiary/aromatic N) is 2. The van der Waals surface area contributed by atoms with E-state index in [1.54, 1.807) is 11.3 Å². The minimum Gasteiger partial charge on any atom is -0.399 e. The van der Waals surface area contributed by atoms with Gasteiger partial charge in [-0.15, -0.1) is 0 Å². The number of benzene rings is 1. The summed E-state index contributed by atoms with van der Waals surface area (Å²) in [7, 11) is 0. The molecule has 0 saturated heterocycles. The second-order valence-corrected chi connectivity index (χ2v) is 7.25. The smallest absolute Gasteiger partial charge is 0.115 e. The third kappa shape index (κ3) is 2.81. The van der Waals surface area contributed by atoms with Crippen LogP contribution in [0.1, 0.15) is 32.2 Å². The second kappa shape index (κ2) is 5.19.